The molecule has 2 aromatic rings. The van der Waals surface area contributed by atoms with Crippen molar-refractivity contribution in [3.63, 3.8) is 0 Å². The van der Waals surface area contributed by atoms with E-state index in [0.29, 0.717) is 17.5 Å². The van der Waals surface area contributed by atoms with Crippen LogP contribution in [0, 0.1) is 0 Å². The molecule has 88 valence electrons. The van der Waals surface area contributed by atoms with E-state index in [1.165, 1.54) is 7.11 Å². The second kappa shape index (κ2) is 4.78. The normalized spacial score (nSPS) is 10.2. The average Bonchev–Trinajstić information content (AvgIpc) is 2.37. The van der Waals surface area contributed by atoms with Crippen molar-refractivity contribution in [3.8, 4) is 6.01 Å². The maximum atomic E-state index is 11.8. The molecule has 0 aliphatic carbocycles. The number of carbonyl (C=O) groups is 1. The predicted molar refractivity (Wildman–Crippen MR) is 62.0 cm³/mol. The Kier molecular flexibility index (Phi) is 3.18. The number of carbonyl (C=O) groups excluding carboxylic acids is 1. The van der Waals surface area contributed by atoms with E-state index in [2.05, 4.69) is 9.97 Å². The molecule has 0 unspecified atom stereocenters. The number of methoxy groups -OCH3 is 1. The van der Waals surface area contributed by atoms with Crippen molar-refractivity contribution >= 4 is 16.9 Å². The molecule has 5 heteroatoms. The summed E-state index contributed by atoms with van der Waals surface area (Å²) >= 11 is 0. The highest BCUT2D eigenvalue weighted by atomic mass is 16.5. The van der Waals surface area contributed by atoms with Crippen LogP contribution < -0.4 is 4.74 Å². The Bertz CT molecular complexity index is 554. The Morgan fingerprint density at radius 2 is 2.06 bits per heavy atom. The molecule has 0 N–H and O–H groups in total. The Hall–Kier alpha value is -2.17. The molecular weight excluding hydrogens is 220 g/mol. The fourth-order valence-corrected chi connectivity index (χ4v) is 1.50. The summed E-state index contributed by atoms with van der Waals surface area (Å²) < 4.78 is 9.91. The summed E-state index contributed by atoms with van der Waals surface area (Å²) in [6, 6.07) is 7.39. The minimum Gasteiger partial charge on any atom is -0.467 e. The van der Waals surface area contributed by atoms with Crippen molar-refractivity contribution in [1.29, 1.82) is 0 Å². The molecule has 0 saturated carbocycles. The molecule has 5 nitrogen and oxygen atoms in total. The first kappa shape index (κ1) is 11.3. The van der Waals surface area contributed by atoms with E-state index in [1.54, 1.807) is 19.1 Å². The summed E-state index contributed by atoms with van der Waals surface area (Å²) in [4.78, 5) is 19.9. The molecular formula is C12H12N2O3. The number of para-hydroxylation sites is 1. The van der Waals surface area contributed by atoms with Gasteiger partial charge in [0.05, 0.1) is 19.2 Å². The van der Waals surface area contributed by atoms with Gasteiger partial charge in [0, 0.05) is 5.39 Å². The fourth-order valence-electron chi connectivity index (χ4n) is 1.50. The van der Waals surface area contributed by atoms with Gasteiger partial charge in [-0.1, -0.05) is 18.2 Å². The summed E-state index contributed by atoms with van der Waals surface area (Å²) in [6.45, 7) is 2.05. The van der Waals surface area contributed by atoms with Crippen LogP contribution in [0.3, 0.4) is 0 Å². The van der Waals surface area contributed by atoms with Gasteiger partial charge in [0.1, 0.15) is 0 Å². The SMILES string of the molecule is CCOC(=O)c1nc(OC)nc2ccccc12. The molecule has 17 heavy (non-hydrogen) atoms. The van der Waals surface area contributed by atoms with Gasteiger partial charge in [0.25, 0.3) is 0 Å². The molecule has 0 radical (unpaired) electrons. The van der Waals surface area contributed by atoms with Gasteiger partial charge in [-0.05, 0) is 13.0 Å². The van der Waals surface area contributed by atoms with Gasteiger partial charge in [-0.3, -0.25) is 0 Å². The van der Waals surface area contributed by atoms with Gasteiger partial charge in [-0.25, -0.2) is 4.79 Å². The third kappa shape index (κ3) is 2.18. The fraction of sp³-hybridized carbons (Fsp3) is 0.250. The molecule has 1 heterocycles. The zero-order valence-corrected chi connectivity index (χ0v) is 9.64. The van der Waals surface area contributed by atoms with E-state index in [1.807, 2.05) is 12.1 Å². The summed E-state index contributed by atoms with van der Waals surface area (Å²) in [5.74, 6) is -0.468. The van der Waals surface area contributed by atoms with E-state index in [4.69, 9.17) is 9.47 Å². The molecule has 0 aliphatic rings. The van der Waals surface area contributed by atoms with Crippen LogP contribution in [-0.2, 0) is 4.74 Å². The van der Waals surface area contributed by atoms with Crippen LogP contribution in [0.15, 0.2) is 24.3 Å². The molecule has 0 spiro atoms. The number of benzene rings is 1. The Balaban J connectivity index is 2.62. The monoisotopic (exact) mass is 232 g/mol. The van der Waals surface area contributed by atoms with Gasteiger partial charge < -0.3 is 9.47 Å². The number of hydrogen-bond donors (Lipinski definition) is 0. The average molecular weight is 232 g/mol. The Labute approximate surface area is 98.4 Å². The van der Waals surface area contributed by atoms with E-state index >= 15 is 0 Å². The molecule has 1 aromatic heterocycles. The van der Waals surface area contributed by atoms with Gasteiger partial charge in [0.15, 0.2) is 5.69 Å². The lowest BCUT2D eigenvalue weighted by atomic mass is 10.2. The molecule has 0 saturated heterocycles. The van der Waals surface area contributed by atoms with Crippen LogP contribution in [-0.4, -0.2) is 29.7 Å². The zero-order valence-electron chi connectivity index (χ0n) is 9.64. The minimum absolute atomic E-state index is 0.159. The van der Waals surface area contributed by atoms with Crippen molar-refractivity contribution in [2.24, 2.45) is 0 Å². The van der Waals surface area contributed by atoms with Gasteiger partial charge >= 0.3 is 12.0 Å². The maximum Gasteiger partial charge on any atom is 0.357 e. The first-order chi connectivity index (χ1) is 8.26. The van der Waals surface area contributed by atoms with Gasteiger partial charge in [0.2, 0.25) is 0 Å². The number of esters is 1. The van der Waals surface area contributed by atoms with Crippen molar-refractivity contribution in [2.45, 2.75) is 6.92 Å². The van der Waals surface area contributed by atoms with Crippen molar-refractivity contribution in [1.82, 2.24) is 9.97 Å². The third-order valence-electron chi connectivity index (χ3n) is 2.23. The zero-order chi connectivity index (χ0) is 12.3. The smallest absolute Gasteiger partial charge is 0.357 e. The minimum atomic E-state index is -0.468. The number of fused-ring (bicyclic) bond motifs is 1. The number of aromatic nitrogens is 2. The quantitative estimate of drug-likeness (QED) is 0.755. The van der Waals surface area contributed by atoms with Crippen LogP contribution in [0.25, 0.3) is 10.9 Å². The lowest BCUT2D eigenvalue weighted by Crippen LogP contribution is -2.09. The molecule has 0 amide bonds. The summed E-state index contributed by atoms with van der Waals surface area (Å²) in [5.41, 5.74) is 0.886. The first-order valence-electron chi connectivity index (χ1n) is 5.24. The van der Waals surface area contributed by atoms with E-state index in [0.717, 1.165) is 0 Å². The standard InChI is InChI=1S/C12H12N2O3/c1-3-17-11(15)10-8-6-4-5-7-9(8)13-12(14-10)16-2/h4-7H,3H2,1-2H3. The molecule has 0 atom stereocenters. The summed E-state index contributed by atoms with van der Waals surface area (Å²) in [6.07, 6.45) is 0. The van der Waals surface area contributed by atoms with E-state index in [9.17, 15) is 4.79 Å². The molecule has 2 rings (SSSR count). The number of ether oxygens (including phenoxy) is 2. The van der Waals surface area contributed by atoms with Gasteiger partial charge in [-0.15, -0.1) is 0 Å². The van der Waals surface area contributed by atoms with Crippen molar-refractivity contribution in [3.05, 3.63) is 30.0 Å². The summed E-state index contributed by atoms with van der Waals surface area (Å²) in [7, 11) is 1.46. The summed E-state index contributed by atoms with van der Waals surface area (Å²) in [5, 5.41) is 0.659. The van der Waals surface area contributed by atoms with Crippen molar-refractivity contribution in [2.75, 3.05) is 13.7 Å². The highest BCUT2D eigenvalue weighted by Crippen LogP contribution is 2.19. The van der Waals surface area contributed by atoms with Crippen LogP contribution in [0.2, 0.25) is 0 Å². The van der Waals surface area contributed by atoms with Crippen LogP contribution in [0.4, 0.5) is 0 Å². The van der Waals surface area contributed by atoms with Crippen molar-refractivity contribution < 1.29 is 14.3 Å². The molecule has 0 bridgehead atoms. The van der Waals surface area contributed by atoms with Crippen LogP contribution in [0.5, 0.6) is 6.01 Å². The lowest BCUT2D eigenvalue weighted by molar-refractivity contribution is 0.0521. The van der Waals surface area contributed by atoms with Crippen LogP contribution in [0.1, 0.15) is 17.4 Å². The van der Waals surface area contributed by atoms with Gasteiger partial charge in [-0.2, -0.15) is 9.97 Å². The second-order valence-corrected chi connectivity index (χ2v) is 3.30. The Morgan fingerprint density at radius 1 is 1.29 bits per heavy atom. The lowest BCUT2D eigenvalue weighted by Gasteiger charge is -2.06. The first-order valence-corrected chi connectivity index (χ1v) is 5.24. The maximum absolute atomic E-state index is 11.8. The van der Waals surface area contributed by atoms with Crippen LogP contribution >= 0.6 is 0 Å². The third-order valence-corrected chi connectivity index (χ3v) is 2.23. The second-order valence-electron chi connectivity index (χ2n) is 3.30. The molecule has 0 fully saturated rings. The number of hydrogen-bond acceptors (Lipinski definition) is 5. The Morgan fingerprint density at radius 3 is 2.76 bits per heavy atom. The predicted octanol–water partition coefficient (Wildman–Crippen LogP) is 1.82. The topological polar surface area (TPSA) is 61.3 Å². The largest absolute Gasteiger partial charge is 0.467 e. The highest BCUT2D eigenvalue weighted by Gasteiger charge is 2.15. The molecule has 1 aromatic carbocycles. The van der Waals surface area contributed by atoms with E-state index in [-0.39, 0.29) is 11.7 Å². The number of nitrogens with zero attached hydrogens (tertiary/aromatic N) is 2. The molecule has 0 aliphatic heterocycles. The van der Waals surface area contributed by atoms with E-state index < -0.39 is 5.97 Å². The highest BCUT2D eigenvalue weighted by molar-refractivity contribution is 6.01. The number of rotatable bonds is 3.